The van der Waals surface area contributed by atoms with Crippen LogP contribution in [0.1, 0.15) is 40.9 Å². The van der Waals surface area contributed by atoms with E-state index < -0.39 is 6.04 Å². The van der Waals surface area contributed by atoms with Gasteiger partial charge < -0.3 is 14.4 Å². The molecule has 0 radical (unpaired) electrons. The zero-order chi connectivity index (χ0) is 18.7. The lowest BCUT2D eigenvalue weighted by Gasteiger charge is -2.19. The number of hydrogen-bond acceptors (Lipinski definition) is 4. The van der Waals surface area contributed by atoms with Crippen LogP contribution in [0.4, 0.5) is 4.39 Å². The van der Waals surface area contributed by atoms with E-state index in [1.54, 1.807) is 24.5 Å². The number of hydrogen-bond donors (Lipinski definition) is 1. The van der Waals surface area contributed by atoms with Crippen molar-refractivity contribution < 1.29 is 13.7 Å². The molecular formula is C19H21FN4O2. The first-order valence-corrected chi connectivity index (χ1v) is 8.39. The van der Waals surface area contributed by atoms with Gasteiger partial charge in [-0.25, -0.2) is 9.37 Å². The zero-order valence-corrected chi connectivity index (χ0v) is 15.0. The summed E-state index contributed by atoms with van der Waals surface area (Å²) in [5.74, 6) is 0.858. The first kappa shape index (κ1) is 17.8. The minimum absolute atomic E-state index is 0.151. The molecule has 0 saturated heterocycles. The fraction of sp³-hybridized carbons (Fsp3) is 0.316. The van der Waals surface area contributed by atoms with E-state index >= 15 is 0 Å². The Kier molecular flexibility index (Phi) is 5.16. The van der Waals surface area contributed by atoms with Gasteiger partial charge in [-0.05, 0) is 38.0 Å². The summed E-state index contributed by atoms with van der Waals surface area (Å²) >= 11 is 0. The van der Waals surface area contributed by atoms with Gasteiger partial charge >= 0.3 is 0 Å². The molecule has 6 nitrogen and oxygen atoms in total. The number of halogens is 1. The lowest BCUT2D eigenvalue weighted by atomic mass is 10.0. The number of carbonyl (C=O) groups excluding carboxylic acids is 1. The van der Waals surface area contributed by atoms with Crippen molar-refractivity contribution in [1.82, 2.24) is 20.0 Å². The Balaban J connectivity index is 1.77. The monoisotopic (exact) mass is 356 g/mol. The quantitative estimate of drug-likeness (QED) is 0.737. The molecule has 0 aliphatic rings. The molecule has 0 unspecified atom stereocenters. The summed E-state index contributed by atoms with van der Waals surface area (Å²) in [5, 5.41) is 6.87. The van der Waals surface area contributed by atoms with Gasteiger partial charge in [-0.15, -0.1) is 0 Å². The summed E-state index contributed by atoms with van der Waals surface area (Å²) in [6.07, 6.45) is 4.25. The number of benzene rings is 1. The van der Waals surface area contributed by atoms with Crippen LogP contribution in [0.15, 0.2) is 41.2 Å². The summed E-state index contributed by atoms with van der Waals surface area (Å²) in [7, 11) is 1.84. The van der Waals surface area contributed by atoms with Gasteiger partial charge in [-0.1, -0.05) is 17.3 Å². The minimum Gasteiger partial charge on any atom is -0.361 e. The van der Waals surface area contributed by atoms with Gasteiger partial charge in [-0.3, -0.25) is 4.79 Å². The molecule has 0 spiro atoms. The van der Waals surface area contributed by atoms with Gasteiger partial charge in [0.05, 0.1) is 5.69 Å². The summed E-state index contributed by atoms with van der Waals surface area (Å²) in [6.45, 7) is 3.68. The predicted octanol–water partition coefficient (Wildman–Crippen LogP) is 3.00. The summed E-state index contributed by atoms with van der Waals surface area (Å²) in [4.78, 5) is 16.9. The highest BCUT2D eigenvalue weighted by Gasteiger charge is 2.21. The Bertz CT molecular complexity index is 896. The Morgan fingerprint density at radius 1 is 1.38 bits per heavy atom. The van der Waals surface area contributed by atoms with Crippen LogP contribution < -0.4 is 5.32 Å². The predicted molar refractivity (Wildman–Crippen MR) is 93.9 cm³/mol. The highest BCUT2D eigenvalue weighted by Crippen LogP contribution is 2.22. The topological polar surface area (TPSA) is 73.0 Å². The number of aromatic nitrogens is 3. The van der Waals surface area contributed by atoms with Gasteiger partial charge in [0.25, 0.3) is 0 Å². The van der Waals surface area contributed by atoms with Crippen molar-refractivity contribution >= 4 is 5.91 Å². The highest BCUT2D eigenvalue weighted by atomic mass is 19.1. The summed E-state index contributed by atoms with van der Waals surface area (Å²) in [6, 6.07) is 5.66. The third-order valence-electron chi connectivity index (χ3n) is 4.39. The van der Waals surface area contributed by atoms with E-state index in [4.69, 9.17) is 4.52 Å². The average Bonchev–Trinajstić information content (AvgIpc) is 3.16. The van der Waals surface area contributed by atoms with E-state index in [2.05, 4.69) is 15.5 Å². The fourth-order valence-electron chi connectivity index (χ4n) is 2.97. The average molecular weight is 356 g/mol. The molecule has 3 aromatic rings. The maximum Gasteiger partial charge on any atom is 0.221 e. The van der Waals surface area contributed by atoms with Crippen molar-refractivity contribution in [3.05, 3.63) is 70.9 Å². The third kappa shape index (κ3) is 3.82. The second kappa shape index (κ2) is 7.51. The van der Waals surface area contributed by atoms with Gasteiger partial charge in [0, 0.05) is 31.4 Å². The van der Waals surface area contributed by atoms with Crippen molar-refractivity contribution in [3.8, 4) is 0 Å². The molecule has 7 heteroatoms. The first-order valence-electron chi connectivity index (χ1n) is 8.39. The van der Waals surface area contributed by atoms with Crippen LogP contribution in [0.2, 0.25) is 0 Å². The van der Waals surface area contributed by atoms with Crippen molar-refractivity contribution in [2.45, 2.75) is 32.7 Å². The maximum absolute atomic E-state index is 13.7. The Labute approximate surface area is 151 Å². The van der Waals surface area contributed by atoms with Gasteiger partial charge in [-0.2, -0.15) is 0 Å². The van der Waals surface area contributed by atoms with E-state index in [1.165, 1.54) is 12.1 Å². The molecule has 2 heterocycles. The normalized spacial score (nSPS) is 12.2. The van der Waals surface area contributed by atoms with Crippen LogP contribution in [0.3, 0.4) is 0 Å². The lowest BCUT2D eigenvalue weighted by molar-refractivity contribution is -0.121. The Morgan fingerprint density at radius 3 is 2.81 bits per heavy atom. The number of imidazole rings is 1. The molecule has 0 aliphatic heterocycles. The molecule has 3 rings (SSSR count). The molecule has 1 N–H and O–H groups in total. The SMILES string of the molecule is Cc1noc(C)c1CCC(=O)N[C@H](c1cccc(F)c1)c1nccn1C. The van der Waals surface area contributed by atoms with E-state index in [9.17, 15) is 9.18 Å². The van der Waals surface area contributed by atoms with Crippen LogP contribution >= 0.6 is 0 Å². The molecule has 1 aromatic carbocycles. The Morgan fingerprint density at radius 2 is 2.19 bits per heavy atom. The van der Waals surface area contributed by atoms with E-state index in [0.29, 0.717) is 17.8 Å². The number of nitrogens with one attached hydrogen (secondary N) is 1. The van der Waals surface area contributed by atoms with Crippen LogP contribution in [-0.2, 0) is 18.3 Å². The third-order valence-corrected chi connectivity index (χ3v) is 4.39. The lowest BCUT2D eigenvalue weighted by Crippen LogP contribution is -2.31. The molecule has 1 amide bonds. The van der Waals surface area contributed by atoms with E-state index in [-0.39, 0.29) is 18.1 Å². The van der Waals surface area contributed by atoms with Crippen LogP contribution in [-0.4, -0.2) is 20.6 Å². The van der Waals surface area contributed by atoms with Crippen LogP contribution in [0.5, 0.6) is 0 Å². The smallest absolute Gasteiger partial charge is 0.221 e. The molecule has 2 aromatic heterocycles. The molecule has 0 aliphatic carbocycles. The molecule has 1 atom stereocenters. The fourth-order valence-corrected chi connectivity index (χ4v) is 2.97. The highest BCUT2D eigenvalue weighted by molar-refractivity contribution is 5.77. The molecule has 26 heavy (non-hydrogen) atoms. The number of carbonyl (C=O) groups is 1. The number of amides is 1. The van der Waals surface area contributed by atoms with E-state index in [1.807, 2.05) is 25.5 Å². The van der Waals surface area contributed by atoms with Crippen LogP contribution in [0.25, 0.3) is 0 Å². The summed E-state index contributed by atoms with van der Waals surface area (Å²) in [5.41, 5.74) is 2.38. The van der Waals surface area contributed by atoms with Gasteiger partial charge in [0.15, 0.2) is 0 Å². The maximum atomic E-state index is 13.7. The van der Waals surface area contributed by atoms with Crippen molar-refractivity contribution in [1.29, 1.82) is 0 Å². The zero-order valence-electron chi connectivity index (χ0n) is 15.0. The van der Waals surface area contributed by atoms with Crippen molar-refractivity contribution in [2.24, 2.45) is 7.05 Å². The minimum atomic E-state index is -0.525. The number of nitrogens with zero attached hydrogens (tertiary/aromatic N) is 3. The van der Waals surface area contributed by atoms with Crippen molar-refractivity contribution in [3.63, 3.8) is 0 Å². The molecule has 0 fully saturated rings. The van der Waals surface area contributed by atoms with Gasteiger partial charge in [0.2, 0.25) is 5.91 Å². The Hall–Kier alpha value is -2.96. The van der Waals surface area contributed by atoms with Crippen LogP contribution in [0, 0.1) is 19.7 Å². The molecular weight excluding hydrogens is 335 g/mol. The molecule has 0 bridgehead atoms. The van der Waals surface area contributed by atoms with Crippen molar-refractivity contribution in [2.75, 3.05) is 0 Å². The van der Waals surface area contributed by atoms with E-state index in [0.717, 1.165) is 17.0 Å². The summed E-state index contributed by atoms with van der Waals surface area (Å²) < 4.78 is 20.6. The second-order valence-electron chi connectivity index (χ2n) is 6.25. The van der Waals surface area contributed by atoms with Gasteiger partial charge in [0.1, 0.15) is 23.4 Å². The molecule has 136 valence electrons. The standard InChI is InChI=1S/C19H21FN4O2/c1-12-16(13(2)26-23-12)7-8-17(25)22-18(19-21-9-10-24(19)3)14-5-4-6-15(20)11-14/h4-6,9-11,18H,7-8H2,1-3H3,(H,22,25)/t18-/m1/s1. The number of aryl methyl sites for hydroxylation is 3. The largest absolute Gasteiger partial charge is 0.361 e. The molecule has 0 saturated carbocycles. The second-order valence-corrected chi connectivity index (χ2v) is 6.25. The number of rotatable bonds is 6. The first-order chi connectivity index (χ1) is 12.5.